The monoisotopic (exact) mass is 302 g/mol. The number of nitrogens with one attached hydrogen (secondary N) is 1. The molecule has 3 rings (SSSR count). The van der Waals surface area contributed by atoms with Crippen molar-refractivity contribution in [1.82, 2.24) is 15.2 Å². The van der Waals surface area contributed by atoms with Crippen molar-refractivity contribution in [2.45, 2.75) is 6.04 Å². The lowest BCUT2D eigenvalue weighted by molar-refractivity contribution is 0.184. The number of hydrogen-bond acceptors (Lipinski definition) is 5. The molecule has 0 saturated carbocycles. The van der Waals surface area contributed by atoms with Gasteiger partial charge >= 0.3 is 0 Å². The lowest BCUT2D eigenvalue weighted by atomic mass is 10.0. The number of rotatable bonds is 5. The highest BCUT2D eigenvalue weighted by Crippen LogP contribution is 2.24. The molecular formula is C16H22N4S. The predicted octanol–water partition coefficient (Wildman–Crippen LogP) is 2.23. The zero-order chi connectivity index (χ0) is 14.5. The Hall–Kier alpha value is -1.43. The Kier molecular flexibility index (Phi) is 4.85. The number of likely N-dealkylation sites (N-methyl/N-ethyl adjacent to an activating group) is 1. The lowest BCUT2D eigenvalue weighted by Gasteiger charge is -2.39. The van der Waals surface area contributed by atoms with Gasteiger partial charge in [-0.2, -0.15) is 0 Å². The molecule has 1 atom stereocenters. The summed E-state index contributed by atoms with van der Waals surface area (Å²) in [5.74, 6) is 0. The van der Waals surface area contributed by atoms with Crippen molar-refractivity contribution in [2.75, 3.05) is 44.7 Å². The third-order valence-electron chi connectivity index (χ3n) is 4.03. The number of benzene rings is 1. The molecule has 21 heavy (non-hydrogen) atoms. The van der Waals surface area contributed by atoms with Gasteiger partial charge < -0.3 is 10.2 Å². The van der Waals surface area contributed by atoms with Crippen LogP contribution in [0.3, 0.4) is 0 Å². The number of nitrogens with zero attached hydrogens (tertiary/aromatic N) is 3. The van der Waals surface area contributed by atoms with E-state index in [9.17, 15) is 0 Å². The fourth-order valence-electron chi connectivity index (χ4n) is 2.92. The highest BCUT2D eigenvalue weighted by molar-refractivity contribution is 7.13. The molecule has 5 heteroatoms. The van der Waals surface area contributed by atoms with E-state index in [0.717, 1.165) is 37.9 Å². The molecule has 4 nitrogen and oxygen atoms in total. The van der Waals surface area contributed by atoms with Gasteiger partial charge in [-0.05, 0) is 12.6 Å². The van der Waals surface area contributed by atoms with Gasteiger partial charge in [0.25, 0.3) is 0 Å². The van der Waals surface area contributed by atoms with Gasteiger partial charge in [0.2, 0.25) is 0 Å². The Balaban J connectivity index is 1.66. The standard InChI is InChI=1S/C16H22N4S/c1-17-13-15(14-5-3-2-4-6-14)19-8-10-20(11-9-19)16-18-7-12-21-16/h2-7,12,15,17H,8-11,13H2,1H3. The SMILES string of the molecule is CNCC(c1ccccc1)N1CCN(c2nccs2)CC1. The molecule has 1 fully saturated rings. The Labute approximate surface area is 130 Å². The van der Waals surface area contributed by atoms with Crippen molar-refractivity contribution in [1.29, 1.82) is 0 Å². The quantitative estimate of drug-likeness (QED) is 0.918. The summed E-state index contributed by atoms with van der Waals surface area (Å²) < 4.78 is 0. The molecule has 1 aromatic heterocycles. The molecule has 1 saturated heterocycles. The van der Waals surface area contributed by atoms with E-state index in [1.165, 1.54) is 5.56 Å². The van der Waals surface area contributed by atoms with Gasteiger partial charge in [0.1, 0.15) is 0 Å². The highest BCUT2D eigenvalue weighted by atomic mass is 32.1. The number of hydrogen-bond donors (Lipinski definition) is 1. The van der Waals surface area contributed by atoms with E-state index >= 15 is 0 Å². The Morgan fingerprint density at radius 1 is 1.19 bits per heavy atom. The predicted molar refractivity (Wildman–Crippen MR) is 89.0 cm³/mol. The average molecular weight is 302 g/mol. The lowest BCUT2D eigenvalue weighted by Crippen LogP contribution is -2.49. The Morgan fingerprint density at radius 2 is 1.95 bits per heavy atom. The fraction of sp³-hybridized carbons (Fsp3) is 0.438. The maximum Gasteiger partial charge on any atom is 0.185 e. The maximum atomic E-state index is 4.42. The summed E-state index contributed by atoms with van der Waals surface area (Å²) in [6.07, 6.45) is 1.89. The summed E-state index contributed by atoms with van der Waals surface area (Å²) >= 11 is 1.73. The van der Waals surface area contributed by atoms with Crippen LogP contribution in [0.25, 0.3) is 0 Å². The zero-order valence-corrected chi connectivity index (χ0v) is 13.2. The van der Waals surface area contributed by atoms with Crippen LogP contribution in [0.5, 0.6) is 0 Å². The summed E-state index contributed by atoms with van der Waals surface area (Å²) in [5, 5.41) is 6.54. The van der Waals surface area contributed by atoms with Crippen molar-refractivity contribution in [3.63, 3.8) is 0 Å². The van der Waals surface area contributed by atoms with Gasteiger partial charge in [0, 0.05) is 50.3 Å². The Morgan fingerprint density at radius 3 is 2.57 bits per heavy atom. The summed E-state index contributed by atoms with van der Waals surface area (Å²) in [6, 6.07) is 11.3. The van der Waals surface area contributed by atoms with Crippen LogP contribution in [-0.4, -0.2) is 49.7 Å². The molecule has 1 unspecified atom stereocenters. The average Bonchev–Trinajstić information content (AvgIpc) is 3.08. The summed E-state index contributed by atoms with van der Waals surface area (Å²) in [5.41, 5.74) is 1.40. The van der Waals surface area contributed by atoms with E-state index in [0.29, 0.717) is 6.04 Å². The number of aromatic nitrogens is 1. The minimum Gasteiger partial charge on any atom is -0.346 e. The summed E-state index contributed by atoms with van der Waals surface area (Å²) in [6.45, 7) is 5.27. The van der Waals surface area contributed by atoms with Gasteiger partial charge in [-0.3, -0.25) is 4.90 Å². The zero-order valence-electron chi connectivity index (χ0n) is 12.4. The molecule has 1 aliphatic heterocycles. The van der Waals surface area contributed by atoms with Crippen LogP contribution in [0.2, 0.25) is 0 Å². The van der Waals surface area contributed by atoms with Gasteiger partial charge in [-0.1, -0.05) is 30.3 Å². The highest BCUT2D eigenvalue weighted by Gasteiger charge is 2.25. The smallest absolute Gasteiger partial charge is 0.185 e. The number of thiazole rings is 1. The molecule has 0 radical (unpaired) electrons. The van der Waals surface area contributed by atoms with Crippen LogP contribution in [0.1, 0.15) is 11.6 Å². The van der Waals surface area contributed by atoms with Gasteiger partial charge in [0.15, 0.2) is 5.13 Å². The normalized spacial score (nSPS) is 17.9. The van der Waals surface area contributed by atoms with Crippen molar-refractivity contribution >= 4 is 16.5 Å². The Bertz CT molecular complexity index is 520. The second kappa shape index (κ2) is 7.02. The number of anilines is 1. The molecule has 0 aliphatic carbocycles. The molecule has 1 aromatic carbocycles. The van der Waals surface area contributed by atoms with Crippen LogP contribution in [-0.2, 0) is 0 Å². The summed E-state index contributed by atoms with van der Waals surface area (Å²) in [4.78, 5) is 9.39. The van der Waals surface area contributed by atoms with Crippen molar-refractivity contribution < 1.29 is 0 Å². The maximum absolute atomic E-state index is 4.42. The van der Waals surface area contributed by atoms with E-state index in [4.69, 9.17) is 0 Å². The first-order valence-electron chi connectivity index (χ1n) is 7.46. The van der Waals surface area contributed by atoms with Gasteiger partial charge in [-0.25, -0.2) is 4.98 Å². The van der Waals surface area contributed by atoms with Crippen LogP contribution in [0, 0.1) is 0 Å². The van der Waals surface area contributed by atoms with E-state index in [-0.39, 0.29) is 0 Å². The molecule has 112 valence electrons. The van der Waals surface area contributed by atoms with E-state index in [2.05, 4.69) is 55.8 Å². The van der Waals surface area contributed by atoms with Crippen LogP contribution >= 0.6 is 11.3 Å². The van der Waals surface area contributed by atoms with Crippen molar-refractivity contribution in [2.24, 2.45) is 0 Å². The first-order valence-corrected chi connectivity index (χ1v) is 8.34. The molecule has 1 aliphatic rings. The minimum atomic E-state index is 0.453. The van der Waals surface area contributed by atoms with Crippen LogP contribution < -0.4 is 10.2 Å². The molecule has 2 heterocycles. The van der Waals surface area contributed by atoms with E-state index in [1.54, 1.807) is 11.3 Å². The third-order valence-corrected chi connectivity index (χ3v) is 4.86. The molecule has 2 aromatic rings. The fourth-order valence-corrected chi connectivity index (χ4v) is 3.62. The third kappa shape index (κ3) is 3.43. The first kappa shape index (κ1) is 14.5. The minimum absolute atomic E-state index is 0.453. The van der Waals surface area contributed by atoms with Crippen molar-refractivity contribution in [3.8, 4) is 0 Å². The molecule has 0 bridgehead atoms. The molecular weight excluding hydrogens is 280 g/mol. The van der Waals surface area contributed by atoms with Crippen LogP contribution in [0.4, 0.5) is 5.13 Å². The largest absolute Gasteiger partial charge is 0.346 e. The van der Waals surface area contributed by atoms with Gasteiger partial charge in [-0.15, -0.1) is 11.3 Å². The van der Waals surface area contributed by atoms with E-state index in [1.807, 2.05) is 13.2 Å². The molecule has 0 amide bonds. The van der Waals surface area contributed by atoms with E-state index < -0.39 is 0 Å². The van der Waals surface area contributed by atoms with Gasteiger partial charge in [0.05, 0.1) is 0 Å². The molecule has 0 spiro atoms. The second-order valence-corrected chi connectivity index (χ2v) is 6.19. The number of piperazine rings is 1. The molecule has 1 N–H and O–H groups in total. The first-order chi connectivity index (χ1) is 10.4. The second-order valence-electron chi connectivity index (χ2n) is 5.32. The topological polar surface area (TPSA) is 31.4 Å². The summed E-state index contributed by atoms with van der Waals surface area (Å²) in [7, 11) is 2.03. The van der Waals surface area contributed by atoms with Crippen LogP contribution in [0.15, 0.2) is 41.9 Å². The van der Waals surface area contributed by atoms with Crippen molar-refractivity contribution in [3.05, 3.63) is 47.5 Å².